The van der Waals surface area contributed by atoms with E-state index < -0.39 is 0 Å². The molecule has 0 saturated heterocycles. The van der Waals surface area contributed by atoms with E-state index in [9.17, 15) is 4.79 Å². The maximum atomic E-state index is 11.9. The zero-order valence-electron chi connectivity index (χ0n) is 11.8. The molecule has 0 aliphatic carbocycles. The van der Waals surface area contributed by atoms with Gasteiger partial charge in [-0.3, -0.25) is 4.79 Å². The molecule has 3 nitrogen and oxygen atoms in total. The number of nitrogens with zero attached hydrogens (tertiary/aromatic N) is 1. The third-order valence-electron chi connectivity index (χ3n) is 2.90. The summed E-state index contributed by atoms with van der Waals surface area (Å²) < 4.78 is 5.31. The van der Waals surface area contributed by atoms with Crippen molar-refractivity contribution in [2.24, 2.45) is 0 Å². The molecule has 0 fully saturated rings. The van der Waals surface area contributed by atoms with Crippen LogP contribution in [-0.2, 0) is 0 Å². The highest BCUT2D eigenvalue weighted by molar-refractivity contribution is 6.02. The monoisotopic (exact) mass is 249 g/mol. The van der Waals surface area contributed by atoms with Gasteiger partial charge in [-0.25, -0.2) is 0 Å². The average molecular weight is 249 g/mol. The van der Waals surface area contributed by atoms with Crippen LogP contribution in [-0.4, -0.2) is 26.0 Å². The Morgan fingerprint density at radius 3 is 2.28 bits per heavy atom. The minimum Gasteiger partial charge on any atom is -0.496 e. The van der Waals surface area contributed by atoms with E-state index in [-0.39, 0.29) is 5.78 Å². The van der Waals surface area contributed by atoms with Crippen LogP contribution in [0.5, 0.6) is 5.75 Å². The van der Waals surface area contributed by atoms with Gasteiger partial charge in [-0.05, 0) is 31.9 Å². The first-order valence-corrected chi connectivity index (χ1v) is 6.58. The Kier molecular flexibility index (Phi) is 5.69. The predicted octanol–water partition coefficient (Wildman–Crippen LogP) is 3.52. The number of hydrogen-bond acceptors (Lipinski definition) is 3. The van der Waals surface area contributed by atoms with Gasteiger partial charge in [-0.1, -0.05) is 19.9 Å². The number of hydrogen-bond donors (Lipinski definition) is 0. The van der Waals surface area contributed by atoms with Crippen LogP contribution in [0.25, 0.3) is 0 Å². The fourth-order valence-electron chi connectivity index (χ4n) is 2.20. The number of anilines is 1. The van der Waals surface area contributed by atoms with Crippen molar-refractivity contribution >= 4 is 11.5 Å². The van der Waals surface area contributed by atoms with E-state index >= 15 is 0 Å². The summed E-state index contributed by atoms with van der Waals surface area (Å²) in [5, 5.41) is 0. The number of ether oxygens (including phenoxy) is 1. The van der Waals surface area contributed by atoms with Gasteiger partial charge in [-0.2, -0.15) is 0 Å². The Morgan fingerprint density at radius 2 is 1.83 bits per heavy atom. The highest BCUT2D eigenvalue weighted by Gasteiger charge is 2.17. The lowest BCUT2D eigenvalue weighted by molar-refractivity contribution is 0.101. The van der Waals surface area contributed by atoms with E-state index in [1.165, 1.54) is 0 Å². The molecule has 0 aliphatic rings. The fraction of sp³-hybridized carbons (Fsp3) is 0.533. The summed E-state index contributed by atoms with van der Waals surface area (Å²) in [4.78, 5) is 14.1. The molecule has 0 aliphatic heterocycles. The molecular formula is C15H23NO2. The van der Waals surface area contributed by atoms with Crippen LogP contribution in [0, 0.1) is 0 Å². The maximum Gasteiger partial charge on any atom is 0.165 e. The van der Waals surface area contributed by atoms with Crippen LogP contribution in [0.1, 0.15) is 44.0 Å². The van der Waals surface area contributed by atoms with Gasteiger partial charge in [0.25, 0.3) is 0 Å². The first kappa shape index (κ1) is 14.6. The first-order chi connectivity index (χ1) is 8.65. The van der Waals surface area contributed by atoms with Crippen LogP contribution < -0.4 is 9.64 Å². The summed E-state index contributed by atoms with van der Waals surface area (Å²) >= 11 is 0. The standard InChI is InChI=1S/C15H23NO2/c1-5-10-16(11-6-2)13-8-7-9-14(18-4)15(13)12(3)17/h7-9H,5-6,10-11H2,1-4H3. The van der Waals surface area contributed by atoms with E-state index in [2.05, 4.69) is 18.7 Å². The van der Waals surface area contributed by atoms with Crippen molar-refractivity contribution < 1.29 is 9.53 Å². The summed E-state index contributed by atoms with van der Waals surface area (Å²) in [6.07, 6.45) is 2.13. The number of carbonyl (C=O) groups excluding carboxylic acids is 1. The van der Waals surface area contributed by atoms with Gasteiger partial charge >= 0.3 is 0 Å². The molecule has 1 aromatic carbocycles. The molecule has 0 heterocycles. The molecule has 0 aromatic heterocycles. The molecule has 0 amide bonds. The first-order valence-electron chi connectivity index (χ1n) is 6.58. The molecule has 0 unspecified atom stereocenters. The summed E-state index contributed by atoms with van der Waals surface area (Å²) in [7, 11) is 1.61. The highest BCUT2D eigenvalue weighted by atomic mass is 16.5. The second-order valence-electron chi connectivity index (χ2n) is 4.40. The number of rotatable bonds is 7. The second-order valence-corrected chi connectivity index (χ2v) is 4.40. The van der Waals surface area contributed by atoms with Gasteiger partial charge in [0.15, 0.2) is 5.78 Å². The van der Waals surface area contributed by atoms with Gasteiger partial charge in [0.05, 0.1) is 18.4 Å². The zero-order valence-corrected chi connectivity index (χ0v) is 11.8. The van der Waals surface area contributed by atoms with E-state index in [1.807, 2.05) is 18.2 Å². The Labute approximate surface area is 110 Å². The molecule has 100 valence electrons. The maximum absolute atomic E-state index is 11.9. The minimum absolute atomic E-state index is 0.0552. The number of benzene rings is 1. The molecule has 1 rings (SSSR count). The lowest BCUT2D eigenvalue weighted by Crippen LogP contribution is -2.26. The SMILES string of the molecule is CCCN(CCC)c1cccc(OC)c1C(C)=O. The van der Waals surface area contributed by atoms with Crippen molar-refractivity contribution in [1.29, 1.82) is 0 Å². The van der Waals surface area contributed by atoms with E-state index in [0.29, 0.717) is 11.3 Å². The van der Waals surface area contributed by atoms with Gasteiger partial charge in [0.1, 0.15) is 5.75 Å². The van der Waals surface area contributed by atoms with Gasteiger partial charge < -0.3 is 9.64 Å². The van der Waals surface area contributed by atoms with Crippen LogP contribution >= 0.6 is 0 Å². The Balaban J connectivity index is 3.23. The minimum atomic E-state index is 0.0552. The highest BCUT2D eigenvalue weighted by Crippen LogP contribution is 2.30. The molecule has 18 heavy (non-hydrogen) atoms. The Hall–Kier alpha value is -1.51. The molecule has 0 radical (unpaired) electrons. The summed E-state index contributed by atoms with van der Waals surface area (Å²) in [6.45, 7) is 7.81. The lowest BCUT2D eigenvalue weighted by atomic mass is 10.1. The largest absolute Gasteiger partial charge is 0.496 e. The van der Waals surface area contributed by atoms with E-state index in [4.69, 9.17) is 4.74 Å². The van der Waals surface area contributed by atoms with Crippen molar-refractivity contribution in [2.45, 2.75) is 33.6 Å². The van der Waals surface area contributed by atoms with Crippen molar-refractivity contribution in [3.63, 3.8) is 0 Å². The average Bonchev–Trinajstić information content (AvgIpc) is 2.37. The Bertz CT molecular complexity index is 395. The smallest absolute Gasteiger partial charge is 0.165 e. The normalized spacial score (nSPS) is 10.2. The molecule has 0 spiro atoms. The van der Waals surface area contributed by atoms with E-state index in [1.54, 1.807) is 14.0 Å². The summed E-state index contributed by atoms with van der Waals surface area (Å²) in [5.74, 6) is 0.719. The van der Waals surface area contributed by atoms with E-state index in [0.717, 1.165) is 31.6 Å². The molecule has 1 aromatic rings. The topological polar surface area (TPSA) is 29.5 Å². The van der Waals surface area contributed by atoms with Crippen LogP contribution in [0.3, 0.4) is 0 Å². The third kappa shape index (κ3) is 3.25. The van der Waals surface area contributed by atoms with Crippen molar-refractivity contribution in [3.05, 3.63) is 23.8 Å². The molecule has 0 bridgehead atoms. The molecule has 3 heteroatoms. The lowest BCUT2D eigenvalue weighted by Gasteiger charge is -2.26. The van der Waals surface area contributed by atoms with Gasteiger partial charge in [0, 0.05) is 13.1 Å². The van der Waals surface area contributed by atoms with Gasteiger partial charge in [0.2, 0.25) is 0 Å². The quantitative estimate of drug-likeness (QED) is 0.692. The summed E-state index contributed by atoms with van der Waals surface area (Å²) in [5.41, 5.74) is 1.69. The predicted molar refractivity (Wildman–Crippen MR) is 75.8 cm³/mol. The van der Waals surface area contributed by atoms with Crippen molar-refractivity contribution in [1.82, 2.24) is 0 Å². The number of carbonyl (C=O) groups is 1. The van der Waals surface area contributed by atoms with Crippen molar-refractivity contribution in [3.8, 4) is 5.75 Å². The number of methoxy groups -OCH3 is 1. The Morgan fingerprint density at radius 1 is 1.22 bits per heavy atom. The van der Waals surface area contributed by atoms with Crippen LogP contribution in [0.2, 0.25) is 0 Å². The van der Waals surface area contributed by atoms with Crippen LogP contribution in [0.4, 0.5) is 5.69 Å². The fourth-order valence-corrected chi connectivity index (χ4v) is 2.20. The van der Waals surface area contributed by atoms with Crippen LogP contribution in [0.15, 0.2) is 18.2 Å². The third-order valence-corrected chi connectivity index (χ3v) is 2.90. The number of Topliss-reactive ketones (excluding diaryl/α,β-unsaturated/α-hetero) is 1. The summed E-state index contributed by atoms with van der Waals surface area (Å²) in [6, 6.07) is 5.79. The zero-order chi connectivity index (χ0) is 13.5. The number of ketones is 1. The molecule has 0 atom stereocenters. The van der Waals surface area contributed by atoms with Gasteiger partial charge in [-0.15, -0.1) is 0 Å². The van der Waals surface area contributed by atoms with Crippen molar-refractivity contribution in [2.75, 3.05) is 25.1 Å². The molecule has 0 saturated carbocycles. The molecule has 0 N–H and O–H groups in total. The molecular weight excluding hydrogens is 226 g/mol. The second kappa shape index (κ2) is 7.04.